The molecule has 0 saturated carbocycles. The normalized spacial score (nSPS) is 23.4. The van der Waals surface area contributed by atoms with Crippen molar-refractivity contribution in [1.29, 1.82) is 0 Å². The van der Waals surface area contributed by atoms with E-state index < -0.39 is 0 Å². The predicted molar refractivity (Wildman–Crippen MR) is 90.3 cm³/mol. The average molecular weight is 295 g/mol. The third kappa shape index (κ3) is 3.23. The van der Waals surface area contributed by atoms with E-state index in [0.717, 1.165) is 12.8 Å². The fraction of sp³-hybridized carbons (Fsp3) is 0.400. The van der Waals surface area contributed by atoms with Crippen LogP contribution in [0.25, 0.3) is 0 Å². The monoisotopic (exact) mass is 295 g/mol. The van der Waals surface area contributed by atoms with Crippen molar-refractivity contribution in [3.8, 4) is 0 Å². The summed E-state index contributed by atoms with van der Waals surface area (Å²) in [6.45, 7) is 6.66. The van der Waals surface area contributed by atoms with Crippen molar-refractivity contribution >= 4 is 0 Å². The summed E-state index contributed by atoms with van der Waals surface area (Å²) in [5.74, 6) is 0. The first-order valence-electron chi connectivity index (χ1n) is 8.12. The lowest BCUT2D eigenvalue weighted by Crippen LogP contribution is -2.47. The van der Waals surface area contributed by atoms with Gasteiger partial charge in [0, 0.05) is 5.54 Å². The molecule has 0 aliphatic carbocycles. The Morgan fingerprint density at radius 3 is 1.91 bits per heavy atom. The molecule has 0 aromatic heterocycles. The summed E-state index contributed by atoms with van der Waals surface area (Å²) in [7, 11) is 0. The van der Waals surface area contributed by atoms with Crippen LogP contribution in [-0.4, -0.2) is 10.6 Å². The quantitative estimate of drug-likeness (QED) is 0.746. The van der Waals surface area contributed by atoms with Gasteiger partial charge in [0.1, 0.15) is 6.10 Å². The maximum absolute atomic E-state index is 6.44. The number of hydroxylamine groups is 2. The highest BCUT2D eigenvalue weighted by Crippen LogP contribution is 2.42. The molecule has 2 atom stereocenters. The second-order valence-corrected chi connectivity index (χ2v) is 7.01. The molecule has 0 bridgehead atoms. The summed E-state index contributed by atoms with van der Waals surface area (Å²) < 4.78 is 0. The van der Waals surface area contributed by atoms with Gasteiger partial charge in [0.2, 0.25) is 0 Å². The Balaban J connectivity index is 1.86. The van der Waals surface area contributed by atoms with Crippen molar-refractivity contribution in [2.45, 2.75) is 51.3 Å². The highest BCUT2D eigenvalue weighted by atomic mass is 16.7. The molecule has 1 saturated heterocycles. The highest BCUT2D eigenvalue weighted by molar-refractivity contribution is 5.22. The van der Waals surface area contributed by atoms with Gasteiger partial charge < -0.3 is 0 Å². The molecule has 1 fully saturated rings. The van der Waals surface area contributed by atoms with Gasteiger partial charge in [0.05, 0.1) is 6.04 Å². The Bertz CT molecular complexity index is 588. The van der Waals surface area contributed by atoms with E-state index in [0.29, 0.717) is 6.04 Å². The summed E-state index contributed by atoms with van der Waals surface area (Å²) in [5, 5.41) is 2.20. The van der Waals surface area contributed by atoms with Crippen molar-refractivity contribution in [2.24, 2.45) is 0 Å². The smallest absolute Gasteiger partial charge is 0.104 e. The van der Waals surface area contributed by atoms with Crippen molar-refractivity contribution in [3.05, 3.63) is 71.8 Å². The minimum Gasteiger partial charge on any atom is -0.290 e. The van der Waals surface area contributed by atoms with Crippen LogP contribution in [0.1, 0.15) is 56.9 Å². The number of hydrogen-bond acceptors (Lipinski definition) is 2. The number of rotatable bonds is 2. The van der Waals surface area contributed by atoms with Gasteiger partial charge in [0.15, 0.2) is 0 Å². The van der Waals surface area contributed by atoms with Crippen LogP contribution in [-0.2, 0) is 4.84 Å². The lowest BCUT2D eigenvalue weighted by atomic mass is 9.92. The van der Waals surface area contributed by atoms with Crippen LogP contribution in [0, 0.1) is 0 Å². The zero-order chi connectivity index (χ0) is 15.6. The number of nitrogens with zero attached hydrogens (tertiary/aromatic N) is 1. The SMILES string of the molecule is CC(C)(C)N1OC(c2ccccc2)CCC1c1ccccc1. The van der Waals surface area contributed by atoms with E-state index in [1.807, 2.05) is 0 Å². The van der Waals surface area contributed by atoms with Crippen molar-refractivity contribution < 1.29 is 4.84 Å². The molecule has 2 unspecified atom stereocenters. The lowest BCUT2D eigenvalue weighted by Gasteiger charge is -2.46. The van der Waals surface area contributed by atoms with E-state index in [9.17, 15) is 0 Å². The fourth-order valence-electron chi connectivity index (χ4n) is 3.19. The van der Waals surface area contributed by atoms with Crippen molar-refractivity contribution in [3.63, 3.8) is 0 Å². The maximum Gasteiger partial charge on any atom is 0.104 e. The van der Waals surface area contributed by atoms with Crippen LogP contribution < -0.4 is 0 Å². The number of hydrogen-bond donors (Lipinski definition) is 0. The second kappa shape index (κ2) is 6.23. The Morgan fingerprint density at radius 1 is 0.818 bits per heavy atom. The molecule has 116 valence electrons. The molecule has 0 spiro atoms. The fourth-order valence-corrected chi connectivity index (χ4v) is 3.19. The predicted octanol–water partition coefficient (Wildman–Crippen LogP) is 5.29. The Morgan fingerprint density at radius 2 is 1.36 bits per heavy atom. The van der Waals surface area contributed by atoms with E-state index in [2.05, 4.69) is 86.5 Å². The molecule has 1 aliphatic heterocycles. The van der Waals surface area contributed by atoms with Crippen LogP contribution in [0.15, 0.2) is 60.7 Å². The molecule has 0 N–H and O–H groups in total. The van der Waals surface area contributed by atoms with Gasteiger partial charge in [-0.15, -0.1) is 0 Å². The molecular weight excluding hydrogens is 270 g/mol. The maximum atomic E-state index is 6.44. The molecule has 2 aromatic rings. The Hall–Kier alpha value is -1.64. The van der Waals surface area contributed by atoms with Gasteiger partial charge in [-0.3, -0.25) is 4.84 Å². The summed E-state index contributed by atoms with van der Waals surface area (Å²) >= 11 is 0. The first-order chi connectivity index (χ1) is 10.6. The van der Waals surface area contributed by atoms with E-state index in [1.54, 1.807) is 0 Å². The number of benzene rings is 2. The van der Waals surface area contributed by atoms with Crippen LogP contribution in [0.3, 0.4) is 0 Å². The van der Waals surface area contributed by atoms with Crippen molar-refractivity contribution in [1.82, 2.24) is 5.06 Å². The largest absolute Gasteiger partial charge is 0.290 e. The summed E-state index contributed by atoms with van der Waals surface area (Å²) in [6, 6.07) is 21.6. The standard InChI is InChI=1S/C20H25NO/c1-20(2,3)21-18(16-10-6-4-7-11-16)14-15-19(22-21)17-12-8-5-9-13-17/h4-13,18-19H,14-15H2,1-3H3. The van der Waals surface area contributed by atoms with E-state index in [4.69, 9.17) is 4.84 Å². The van der Waals surface area contributed by atoms with Gasteiger partial charge >= 0.3 is 0 Å². The van der Waals surface area contributed by atoms with Gasteiger partial charge in [-0.05, 0) is 44.7 Å². The van der Waals surface area contributed by atoms with Gasteiger partial charge in [-0.1, -0.05) is 60.7 Å². The molecule has 0 radical (unpaired) electrons. The molecule has 0 amide bonds. The summed E-state index contributed by atoms with van der Waals surface area (Å²) in [6.07, 6.45) is 2.32. The molecular formula is C20H25NO. The third-order valence-corrected chi connectivity index (χ3v) is 4.24. The van der Waals surface area contributed by atoms with Crippen LogP contribution >= 0.6 is 0 Å². The summed E-state index contributed by atoms with van der Waals surface area (Å²) in [5.41, 5.74) is 2.57. The molecule has 3 rings (SSSR count). The first kappa shape index (κ1) is 15.3. The Labute approximate surface area is 133 Å². The van der Waals surface area contributed by atoms with Crippen LogP contribution in [0.5, 0.6) is 0 Å². The zero-order valence-corrected chi connectivity index (χ0v) is 13.7. The van der Waals surface area contributed by atoms with Gasteiger partial charge in [-0.2, -0.15) is 5.06 Å². The van der Waals surface area contributed by atoms with Crippen molar-refractivity contribution in [2.75, 3.05) is 0 Å². The second-order valence-electron chi connectivity index (χ2n) is 7.01. The molecule has 2 aromatic carbocycles. The lowest BCUT2D eigenvalue weighted by molar-refractivity contribution is -0.293. The Kier molecular flexibility index (Phi) is 4.32. The van der Waals surface area contributed by atoms with Crippen LogP contribution in [0.2, 0.25) is 0 Å². The third-order valence-electron chi connectivity index (χ3n) is 4.24. The first-order valence-corrected chi connectivity index (χ1v) is 8.12. The van der Waals surface area contributed by atoms with E-state index in [-0.39, 0.29) is 11.6 Å². The summed E-state index contributed by atoms with van der Waals surface area (Å²) in [4.78, 5) is 6.44. The molecule has 22 heavy (non-hydrogen) atoms. The highest BCUT2D eigenvalue weighted by Gasteiger charge is 2.37. The van der Waals surface area contributed by atoms with Crippen LogP contribution in [0.4, 0.5) is 0 Å². The average Bonchev–Trinajstić information content (AvgIpc) is 2.55. The molecule has 1 heterocycles. The minimum atomic E-state index is -0.0338. The molecule has 2 nitrogen and oxygen atoms in total. The van der Waals surface area contributed by atoms with Gasteiger partial charge in [-0.25, -0.2) is 0 Å². The van der Waals surface area contributed by atoms with Gasteiger partial charge in [0.25, 0.3) is 0 Å². The minimum absolute atomic E-state index is 0.0338. The topological polar surface area (TPSA) is 12.5 Å². The van der Waals surface area contributed by atoms with E-state index >= 15 is 0 Å². The molecule has 1 aliphatic rings. The molecule has 2 heteroatoms. The van der Waals surface area contributed by atoms with E-state index in [1.165, 1.54) is 11.1 Å². The zero-order valence-electron chi connectivity index (χ0n) is 13.7.